The largest absolute Gasteiger partial charge is 0.295 e. The molecule has 0 aromatic carbocycles. The van der Waals surface area contributed by atoms with Crippen LogP contribution >= 0.6 is 11.3 Å². The minimum atomic E-state index is 0.737. The highest BCUT2D eigenvalue weighted by atomic mass is 32.1. The predicted octanol–water partition coefficient (Wildman–Crippen LogP) is 3.47. The van der Waals surface area contributed by atoms with E-state index in [9.17, 15) is 0 Å². The van der Waals surface area contributed by atoms with E-state index in [4.69, 9.17) is 0 Å². The van der Waals surface area contributed by atoms with E-state index in [1.807, 2.05) is 29.3 Å². The van der Waals surface area contributed by atoms with E-state index in [1.165, 1.54) is 49.2 Å². The number of aromatic nitrogens is 2. The molecule has 3 rings (SSSR count). The molecule has 4 heteroatoms. The van der Waals surface area contributed by atoms with Crippen molar-refractivity contribution in [3.63, 3.8) is 0 Å². The molecule has 2 aromatic heterocycles. The molecule has 0 spiro atoms. The summed E-state index contributed by atoms with van der Waals surface area (Å²) in [6.45, 7) is 2.28. The number of hydrogen-bond acceptors (Lipinski definition) is 3. The molecule has 20 heavy (non-hydrogen) atoms. The van der Waals surface area contributed by atoms with Crippen molar-refractivity contribution in [1.29, 1.82) is 0 Å². The maximum atomic E-state index is 4.29. The summed E-state index contributed by atoms with van der Waals surface area (Å²) in [5, 5.41) is 6.47. The lowest BCUT2D eigenvalue weighted by Gasteiger charge is -2.35. The van der Waals surface area contributed by atoms with Gasteiger partial charge in [-0.05, 0) is 49.7 Å². The summed E-state index contributed by atoms with van der Waals surface area (Å²) >= 11 is 1.89. The van der Waals surface area contributed by atoms with Gasteiger partial charge in [0, 0.05) is 30.7 Å². The van der Waals surface area contributed by atoms with Gasteiger partial charge in [0.25, 0.3) is 0 Å². The quantitative estimate of drug-likeness (QED) is 0.840. The molecule has 0 radical (unpaired) electrons. The van der Waals surface area contributed by atoms with Crippen molar-refractivity contribution in [2.75, 3.05) is 6.54 Å². The van der Waals surface area contributed by atoms with Crippen molar-refractivity contribution in [2.24, 2.45) is 7.05 Å². The SMILES string of the molecule is Cn1nccc1CN1CCCCC1CCc1cccs1. The monoisotopic (exact) mass is 289 g/mol. The summed E-state index contributed by atoms with van der Waals surface area (Å²) in [5.74, 6) is 0. The molecule has 1 saturated heterocycles. The summed E-state index contributed by atoms with van der Waals surface area (Å²) in [6.07, 6.45) is 8.50. The van der Waals surface area contributed by atoms with E-state index < -0.39 is 0 Å². The van der Waals surface area contributed by atoms with E-state index in [2.05, 4.69) is 33.6 Å². The van der Waals surface area contributed by atoms with Crippen molar-refractivity contribution < 1.29 is 0 Å². The predicted molar refractivity (Wildman–Crippen MR) is 83.9 cm³/mol. The van der Waals surface area contributed by atoms with Crippen LogP contribution < -0.4 is 0 Å². The molecule has 1 fully saturated rings. The lowest BCUT2D eigenvalue weighted by molar-refractivity contribution is 0.129. The molecule has 0 amide bonds. The Balaban J connectivity index is 1.60. The second-order valence-electron chi connectivity index (χ2n) is 5.68. The normalized spacial score (nSPS) is 20.4. The first-order valence-electron chi connectivity index (χ1n) is 7.56. The van der Waals surface area contributed by atoms with Crippen LogP contribution in [0.25, 0.3) is 0 Å². The van der Waals surface area contributed by atoms with Crippen LogP contribution in [0.1, 0.15) is 36.3 Å². The van der Waals surface area contributed by atoms with E-state index in [0.717, 1.165) is 12.6 Å². The summed E-state index contributed by atoms with van der Waals surface area (Å²) in [7, 11) is 2.04. The average Bonchev–Trinajstić information content (AvgIpc) is 3.11. The number of thiophene rings is 1. The van der Waals surface area contributed by atoms with Crippen LogP contribution in [0.2, 0.25) is 0 Å². The second-order valence-corrected chi connectivity index (χ2v) is 6.72. The molecule has 1 aliphatic rings. The van der Waals surface area contributed by atoms with Crippen LogP contribution in [-0.2, 0) is 20.0 Å². The van der Waals surface area contributed by atoms with Gasteiger partial charge in [-0.2, -0.15) is 5.10 Å². The molecule has 2 aromatic rings. The highest BCUT2D eigenvalue weighted by Crippen LogP contribution is 2.24. The van der Waals surface area contributed by atoms with Crippen LogP contribution in [0.4, 0.5) is 0 Å². The number of likely N-dealkylation sites (tertiary alicyclic amines) is 1. The number of nitrogens with zero attached hydrogens (tertiary/aromatic N) is 3. The van der Waals surface area contributed by atoms with E-state index in [0.29, 0.717) is 0 Å². The van der Waals surface area contributed by atoms with Crippen molar-refractivity contribution >= 4 is 11.3 Å². The van der Waals surface area contributed by atoms with Crippen LogP contribution in [0.3, 0.4) is 0 Å². The van der Waals surface area contributed by atoms with Crippen molar-refractivity contribution in [3.05, 3.63) is 40.3 Å². The van der Waals surface area contributed by atoms with Gasteiger partial charge in [-0.15, -0.1) is 11.3 Å². The minimum absolute atomic E-state index is 0.737. The first-order valence-corrected chi connectivity index (χ1v) is 8.44. The number of aryl methyl sites for hydroxylation is 2. The van der Waals surface area contributed by atoms with Gasteiger partial charge in [-0.1, -0.05) is 12.5 Å². The van der Waals surface area contributed by atoms with Crippen molar-refractivity contribution in [1.82, 2.24) is 14.7 Å². The average molecular weight is 289 g/mol. The first-order chi connectivity index (χ1) is 9.83. The van der Waals surface area contributed by atoms with Crippen LogP contribution in [0.5, 0.6) is 0 Å². The Hall–Kier alpha value is -1.13. The van der Waals surface area contributed by atoms with Gasteiger partial charge in [-0.3, -0.25) is 9.58 Å². The molecule has 0 aliphatic carbocycles. The number of piperidine rings is 1. The van der Waals surface area contributed by atoms with E-state index in [1.54, 1.807) is 0 Å². The van der Waals surface area contributed by atoms with Gasteiger partial charge in [-0.25, -0.2) is 0 Å². The molecule has 0 N–H and O–H groups in total. The standard InChI is InChI=1S/C16H23N3S/c1-18-15(9-10-17-18)13-19-11-3-2-5-14(19)7-8-16-6-4-12-20-16/h4,6,9-10,12,14H,2-3,5,7-8,11,13H2,1H3. The van der Waals surface area contributed by atoms with Crippen LogP contribution in [0, 0.1) is 0 Å². The van der Waals surface area contributed by atoms with E-state index in [-0.39, 0.29) is 0 Å². The third-order valence-electron chi connectivity index (χ3n) is 4.34. The van der Waals surface area contributed by atoms with Gasteiger partial charge in [0.05, 0.1) is 5.69 Å². The van der Waals surface area contributed by atoms with E-state index >= 15 is 0 Å². The third kappa shape index (κ3) is 3.30. The lowest BCUT2D eigenvalue weighted by Crippen LogP contribution is -2.39. The van der Waals surface area contributed by atoms with Gasteiger partial charge in [0.2, 0.25) is 0 Å². The second kappa shape index (κ2) is 6.55. The highest BCUT2D eigenvalue weighted by Gasteiger charge is 2.23. The summed E-state index contributed by atoms with van der Waals surface area (Å²) in [4.78, 5) is 4.18. The number of rotatable bonds is 5. The Morgan fingerprint density at radius 2 is 2.30 bits per heavy atom. The molecular formula is C16H23N3S. The summed E-state index contributed by atoms with van der Waals surface area (Å²) in [6, 6.07) is 7.30. The van der Waals surface area contributed by atoms with Gasteiger partial charge in [0.15, 0.2) is 0 Å². The molecule has 1 unspecified atom stereocenters. The first kappa shape index (κ1) is 13.8. The third-order valence-corrected chi connectivity index (χ3v) is 5.28. The molecule has 108 valence electrons. The topological polar surface area (TPSA) is 21.1 Å². The molecule has 0 bridgehead atoms. The summed E-state index contributed by atoms with van der Waals surface area (Å²) in [5.41, 5.74) is 1.33. The molecule has 3 heterocycles. The van der Waals surface area contributed by atoms with Gasteiger partial charge >= 0.3 is 0 Å². The minimum Gasteiger partial charge on any atom is -0.295 e. The zero-order valence-corrected chi connectivity index (χ0v) is 13.0. The molecule has 1 aliphatic heterocycles. The fraction of sp³-hybridized carbons (Fsp3) is 0.562. The van der Waals surface area contributed by atoms with Gasteiger partial charge in [0.1, 0.15) is 0 Å². The Kier molecular flexibility index (Phi) is 4.53. The Morgan fingerprint density at radius 3 is 3.05 bits per heavy atom. The Bertz CT molecular complexity index is 518. The van der Waals surface area contributed by atoms with Crippen molar-refractivity contribution in [3.8, 4) is 0 Å². The fourth-order valence-electron chi connectivity index (χ4n) is 3.12. The molecular weight excluding hydrogens is 266 g/mol. The summed E-state index contributed by atoms with van der Waals surface area (Å²) < 4.78 is 2.00. The smallest absolute Gasteiger partial charge is 0.0521 e. The van der Waals surface area contributed by atoms with Gasteiger partial charge < -0.3 is 0 Å². The fourth-order valence-corrected chi connectivity index (χ4v) is 3.85. The Morgan fingerprint density at radius 1 is 1.35 bits per heavy atom. The molecule has 0 saturated carbocycles. The highest BCUT2D eigenvalue weighted by molar-refractivity contribution is 7.09. The zero-order valence-electron chi connectivity index (χ0n) is 12.2. The Labute approximate surface area is 125 Å². The van der Waals surface area contributed by atoms with Crippen LogP contribution in [-0.4, -0.2) is 27.3 Å². The maximum absolute atomic E-state index is 4.29. The molecule has 3 nitrogen and oxygen atoms in total. The van der Waals surface area contributed by atoms with Crippen molar-refractivity contribution in [2.45, 2.75) is 44.7 Å². The lowest BCUT2D eigenvalue weighted by atomic mass is 9.97. The van der Waals surface area contributed by atoms with Crippen LogP contribution in [0.15, 0.2) is 29.8 Å². The molecule has 1 atom stereocenters. The zero-order chi connectivity index (χ0) is 13.8. The maximum Gasteiger partial charge on any atom is 0.0521 e. The number of hydrogen-bond donors (Lipinski definition) is 0.